The fourth-order valence-corrected chi connectivity index (χ4v) is 3.14. The summed E-state index contributed by atoms with van der Waals surface area (Å²) in [5, 5.41) is 0. The minimum absolute atomic E-state index is 0.797. The minimum Gasteiger partial charge on any atom is -0.306 e. The van der Waals surface area contributed by atoms with Crippen LogP contribution in [0, 0.1) is 11.3 Å². The Bertz CT molecular complexity index is 172. The van der Waals surface area contributed by atoms with Crippen molar-refractivity contribution in [1.82, 2.24) is 4.90 Å². The minimum atomic E-state index is 0.797. The number of hydrogen-bond acceptors (Lipinski definition) is 1. The van der Waals surface area contributed by atoms with E-state index in [0.717, 1.165) is 11.3 Å². The zero-order chi connectivity index (χ0) is 9.31. The van der Waals surface area contributed by atoms with Crippen LogP contribution in [0.1, 0.15) is 45.4 Å². The van der Waals surface area contributed by atoms with E-state index in [1.165, 1.54) is 51.6 Å². The first kappa shape index (κ1) is 9.51. The van der Waals surface area contributed by atoms with Gasteiger partial charge in [-0.05, 0) is 50.6 Å². The van der Waals surface area contributed by atoms with Gasteiger partial charge in [0.15, 0.2) is 0 Å². The van der Waals surface area contributed by atoms with Crippen molar-refractivity contribution in [2.75, 3.05) is 20.1 Å². The quantitative estimate of drug-likeness (QED) is 0.601. The highest BCUT2D eigenvalue weighted by atomic mass is 15.1. The lowest BCUT2D eigenvalue weighted by Gasteiger charge is -2.42. The van der Waals surface area contributed by atoms with Crippen LogP contribution in [0.25, 0.3) is 0 Å². The molecule has 0 N–H and O–H groups in total. The van der Waals surface area contributed by atoms with Gasteiger partial charge >= 0.3 is 0 Å². The number of likely N-dealkylation sites (tertiary alicyclic amines) is 1. The third kappa shape index (κ3) is 1.90. The molecule has 1 aliphatic heterocycles. The fourth-order valence-electron chi connectivity index (χ4n) is 3.14. The summed E-state index contributed by atoms with van der Waals surface area (Å²) >= 11 is 0. The summed E-state index contributed by atoms with van der Waals surface area (Å²) in [5.74, 6) is 0.979. The predicted molar refractivity (Wildman–Crippen MR) is 56.8 cm³/mol. The van der Waals surface area contributed by atoms with Crippen molar-refractivity contribution in [3.63, 3.8) is 0 Å². The van der Waals surface area contributed by atoms with Gasteiger partial charge in [0.1, 0.15) is 0 Å². The van der Waals surface area contributed by atoms with Gasteiger partial charge < -0.3 is 4.90 Å². The first-order chi connectivity index (χ1) is 6.24. The van der Waals surface area contributed by atoms with Crippen LogP contribution in [-0.2, 0) is 0 Å². The van der Waals surface area contributed by atoms with Gasteiger partial charge in [0, 0.05) is 6.54 Å². The lowest BCUT2D eigenvalue weighted by molar-refractivity contribution is 0.0946. The van der Waals surface area contributed by atoms with Crippen molar-refractivity contribution in [2.24, 2.45) is 11.3 Å². The van der Waals surface area contributed by atoms with Crippen LogP contribution >= 0.6 is 0 Å². The van der Waals surface area contributed by atoms with Crippen LogP contribution in [0.4, 0.5) is 0 Å². The lowest BCUT2D eigenvalue weighted by atomic mass is 9.63. The molecule has 1 unspecified atom stereocenters. The molecular weight excluding hydrogens is 158 g/mol. The average molecular weight is 181 g/mol. The zero-order valence-electron chi connectivity index (χ0n) is 9.18. The molecule has 0 aromatic heterocycles. The largest absolute Gasteiger partial charge is 0.306 e. The van der Waals surface area contributed by atoms with E-state index in [1.807, 2.05) is 0 Å². The Kier molecular flexibility index (Phi) is 2.64. The highest BCUT2D eigenvalue weighted by Crippen LogP contribution is 2.50. The van der Waals surface area contributed by atoms with E-state index in [-0.39, 0.29) is 0 Å². The van der Waals surface area contributed by atoms with Crippen molar-refractivity contribution in [1.29, 1.82) is 0 Å². The van der Waals surface area contributed by atoms with Gasteiger partial charge in [0.25, 0.3) is 0 Å². The Morgan fingerprint density at radius 1 is 1.31 bits per heavy atom. The molecule has 13 heavy (non-hydrogen) atoms. The van der Waals surface area contributed by atoms with Crippen LogP contribution < -0.4 is 0 Å². The van der Waals surface area contributed by atoms with Crippen molar-refractivity contribution in [2.45, 2.75) is 45.4 Å². The van der Waals surface area contributed by atoms with Gasteiger partial charge in [-0.25, -0.2) is 0 Å². The molecule has 1 atom stereocenters. The Morgan fingerprint density at radius 3 is 2.62 bits per heavy atom. The monoisotopic (exact) mass is 181 g/mol. The molecule has 2 rings (SSSR count). The summed E-state index contributed by atoms with van der Waals surface area (Å²) in [6, 6.07) is 0. The molecule has 0 aromatic rings. The Labute approximate surface area is 82.5 Å². The molecule has 76 valence electrons. The van der Waals surface area contributed by atoms with Gasteiger partial charge in [-0.1, -0.05) is 19.8 Å². The second kappa shape index (κ2) is 3.61. The first-order valence-corrected chi connectivity index (χ1v) is 5.93. The molecule has 1 saturated heterocycles. The van der Waals surface area contributed by atoms with Gasteiger partial charge in [0.05, 0.1) is 0 Å². The normalized spacial score (nSPS) is 34.2. The maximum Gasteiger partial charge on any atom is 0.000671 e. The summed E-state index contributed by atoms with van der Waals surface area (Å²) in [7, 11) is 2.29. The average Bonchev–Trinajstić information content (AvgIpc) is 2.23. The van der Waals surface area contributed by atoms with Crippen LogP contribution in [-0.4, -0.2) is 25.0 Å². The molecule has 0 aromatic carbocycles. The third-order valence-electron chi connectivity index (χ3n) is 4.31. The second-order valence-electron chi connectivity index (χ2n) is 5.34. The third-order valence-corrected chi connectivity index (χ3v) is 4.31. The van der Waals surface area contributed by atoms with Gasteiger partial charge in [0.2, 0.25) is 0 Å². The van der Waals surface area contributed by atoms with Crippen LogP contribution in [0.15, 0.2) is 0 Å². The van der Waals surface area contributed by atoms with E-state index in [4.69, 9.17) is 0 Å². The SMILES string of the molecule is CCC1CN(C)CCC2(CCC2)C1. The number of nitrogens with zero attached hydrogens (tertiary/aromatic N) is 1. The van der Waals surface area contributed by atoms with Gasteiger partial charge in [-0.15, -0.1) is 0 Å². The van der Waals surface area contributed by atoms with E-state index in [0.29, 0.717) is 0 Å². The molecule has 2 aliphatic rings. The summed E-state index contributed by atoms with van der Waals surface area (Å²) in [6.07, 6.45) is 8.93. The zero-order valence-corrected chi connectivity index (χ0v) is 9.18. The van der Waals surface area contributed by atoms with E-state index in [2.05, 4.69) is 18.9 Å². The van der Waals surface area contributed by atoms with E-state index >= 15 is 0 Å². The molecule has 1 aliphatic carbocycles. The summed E-state index contributed by atoms with van der Waals surface area (Å²) in [4.78, 5) is 2.54. The molecule has 1 spiro atoms. The highest BCUT2D eigenvalue weighted by Gasteiger charge is 2.39. The summed E-state index contributed by atoms with van der Waals surface area (Å²) in [5.41, 5.74) is 0.797. The smallest absolute Gasteiger partial charge is 0.000671 e. The second-order valence-corrected chi connectivity index (χ2v) is 5.34. The van der Waals surface area contributed by atoms with Crippen LogP contribution in [0.5, 0.6) is 0 Å². The van der Waals surface area contributed by atoms with Crippen molar-refractivity contribution >= 4 is 0 Å². The van der Waals surface area contributed by atoms with Crippen molar-refractivity contribution < 1.29 is 0 Å². The van der Waals surface area contributed by atoms with Crippen LogP contribution in [0.2, 0.25) is 0 Å². The molecule has 0 bridgehead atoms. The summed E-state index contributed by atoms with van der Waals surface area (Å²) in [6.45, 7) is 5.05. The molecular formula is C12H23N. The van der Waals surface area contributed by atoms with Crippen molar-refractivity contribution in [3.8, 4) is 0 Å². The van der Waals surface area contributed by atoms with Gasteiger partial charge in [-0.3, -0.25) is 0 Å². The Balaban J connectivity index is 1.99. The first-order valence-electron chi connectivity index (χ1n) is 5.93. The Hall–Kier alpha value is -0.0400. The fraction of sp³-hybridized carbons (Fsp3) is 1.00. The van der Waals surface area contributed by atoms with E-state index in [9.17, 15) is 0 Å². The maximum absolute atomic E-state index is 2.54. The van der Waals surface area contributed by atoms with Gasteiger partial charge in [-0.2, -0.15) is 0 Å². The molecule has 1 saturated carbocycles. The standard InChI is InChI=1S/C12H23N/c1-3-11-9-12(5-4-6-12)7-8-13(2)10-11/h11H,3-10H2,1-2H3. The number of hydrogen-bond donors (Lipinski definition) is 0. The highest BCUT2D eigenvalue weighted by molar-refractivity contribution is 4.92. The van der Waals surface area contributed by atoms with Crippen molar-refractivity contribution in [3.05, 3.63) is 0 Å². The van der Waals surface area contributed by atoms with Crippen LogP contribution in [0.3, 0.4) is 0 Å². The summed E-state index contributed by atoms with van der Waals surface area (Å²) < 4.78 is 0. The predicted octanol–water partition coefficient (Wildman–Crippen LogP) is 2.91. The van der Waals surface area contributed by atoms with E-state index < -0.39 is 0 Å². The molecule has 2 fully saturated rings. The maximum atomic E-state index is 2.54. The molecule has 1 heteroatoms. The molecule has 1 nitrogen and oxygen atoms in total. The molecule has 1 heterocycles. The topological polar surface area (TPSA) is 3.24 Å². The number of rotatable bonds is 1. The lowest BCUT2D eigenvalue weighted by Crippen LogP contribution is -2.31. The Morgan fingerprint density at radius 2 is 2.08 bits per heavy atom. The van der Waals surface area contributed by atoms with E-state index in [1.54, 1.807) is 0 Å². The molecule has 0 radical (unpaired) electrons. The molecule has 0 amide bonds.